The molecule has 160 valence electrons. The number of aromatic nitrogens is 2. The van der Waals surface area contributed by atoms with Crippen molar-refractivity contribution in [3.8, 4) is 5.75 Å². The maximum atomic E-state index is 11.8. The molecule has 0 amide bonds. The smallest absolute Gasteiger partial charge is 0.131 e. The van der Waals surface area contributed by atoms with Crippen molar-refractivity contribution < 1.29 is 14.3 Å². The molecule has 1 aromatic carbocycles. The van der Waals surface area contributed by atoms with E-state index >= 15 is 0 Å². The van der Waals surface area contributed by atoms with E-state index in [4.69, 9.17) is 4.74 Å². The molecule has 5 heterocycles. The van der Waals surface area contributed by atoms with Crippen LogP contribution in [0.1, 0.15) is 30.1 Å². The van der Waals surface area contributed by atoms with Gasteiger partial charge in [-0.3, -0.25) is 9.97 Å². The largest absolute Gasteiger partial charge is 0.497 e. The highest BCUT2D eigenvalue weighted by atomic mass is 16.5. The number of piperidine rings is 3. The highest BCUT2D eigenvalue weighted by Crippen LogP contribution is 2.48. The Hall–Kier alpha value is -2.76. The second-order valence-electron chi connectivity index (χ2n) is 9.12. The van der Waals surface area contributed by atoms with Crippen molar-refractivity contribution in [1.29, 1.82) is 0 Å². The van der Waals surface area contributed by atoms with Gasteiger partial charge in [0.15, 0.2) is 0 Å². The third-order valence-corrected chi connectivity index (χ3v) is 7.56. The summed E-state index contributed by atoms with van der Waals surface area (Å²) in [5, 5.41) is 12.8. The number of aliphatic hydroxyl groups excluding tert-OH is 1. The molecule has 0 spiro atoms. The second kappa shape index (κ2) is 8.06. The van der Waals surface area contributed by atoms with Crippen LogP contribution in [-0.2, 0) is 6.54 Å². The van der Waals surface area contributed by atoms with Crippen molar-refractivity contribution in [2.45, 2.75) is 31.5 Å². The average Bonchev–Trinajstić information content (AvgIpc) is 2.83. The van der Waals surface area contributed by atoms with Crippen molar-refractivity contribution in [3.63, 3.8) is 0 Å². The van der Waals surface area contributed by atoms with Gasteiger partial charge in [-0.2, -0.15) is 0 Å². The molecule has 5 heteroatoms. The van der Waals surface area contributed by atoms with Gasteiger partial charge in [-0.1, -0.05) is 12.1 Å². The summed E-state index contributed by atoms with van der Waals surface area (Å²) in [6, 6.07) is 12.1. The van der Waals surface area contributed by atoms with E-state index in [1.807, 2.05) is 48.9 Å². The number of benzene rings is 1. The van der Waals surface area contributed by atoms with E-state index in [0.29, 0.717) is 11.8 Å². The summed E-state index contributed by atoms with van der Waals surface area (Å²) in [6.45, 7) is 7.12. The number of quaternary nitrogens is 1. The lowest BCUT2D eigenvalue weighted by atomic mass is 9.71. The number of pyridine rings is 2. The standard InChI is InChI=1S/C26H30N3O2/c1-3-19-17-29(16-18-5-4-10-27-15-18)12-9-20(19)13-25(29)26(30)22-8-11-28-24-7-6-21(31-2)14-23(22)24/h3-8,10-11,14-15,19-20,25-26,30H,1,9,12-13,16-17H2,2H3/q+1. The molecule has 0 radical (unpaired) electrons. The predicted molar refractivity (Wildman–Crippen MR) is 121 cm³/mol. The first-order chi connectivity index (χ1) is 15.1. The third kappa shape index (κ3) is 3.52. The van der Waals surface area contributed by atoms with Gasteiger partial charge in [0.2, 0.25) is 0 Å². The van der Waals surface area contributed by atoms with Gasteiger partial charge < -0.3 is 14.3 Å². The van der Waals surface area contributed by atoms with Crippen LogP contribution in [0.4, 0.5) is 0 Å². The van der Waals surface area contributed by atoms with Crippen LogP contribution >= 0.6 is 0 Å². The minimum atomic E-state index is -0.567. The highest BCUT2D eigenvalue weighted by Gasteiger charge is 2.54. The summed E-state index contributed by atoms with van der Waals surface area (Å²) in [5.74, 6) is 1.88. The molecule has 3 aliphatic rings. The van der Waals surface area contributed by atoms with Gasteiger partial charge in [0.1, 0.15) is 24.4 Å². The van der Waals surface area contributed by atoms with Crippen molar-refractivity contribution in [3.05, 3.63) is 78.8 Å². The number of fused-ring (bicyclic) bond motifs is 4. The number of ether oxygens (including phenoxy) is 1. The Labute approximate surface area is 183 Å². The molecular formula is C26H30N3O2+. The zero-order chi connectivity index (χ0) is 21.4. The molecule has 3 aliphatic heterocycles. The number of rotatable bonds is 6. The van der Waals surface area contributed by atoms with Crippen molar-refractivity contribution in [2.24, 2.45) is 11.8 Å². The fourth-order valence-electron chi connectivity index (χ4n) is 5.98. The van der Waals surface area contributed by atoms with E-state index in [0.717, 1.165) is 52.8 Å². The van der Waals surface area contributed by atoms with Crippen LogP contribution in [0.15, 0.2) is 67.6 Å². The van der Waals surface area contributed by atoms with Crippen LogP contribution < -0.4 is 4.74 Å². The van der Waals surface area contributed by atoms with Crippen LogP contribution in [0.5, 0.6) is 5.75 Å². The lowest BCUT2D eigenvalue weighted by molar-refractivity contribution is -0.985. The van der Waals surface area contributed by atoms with Crippen molar-refractivity contribution in [1.82, 2.24) is 9.97 Å². The predicted octanol–water partition coefficient (Wildman–Crippen LogP) is 4.28. The molecule has 3 aromatic rings. The lowest BCUT2D eigenvalue weighted by Gasteiger charge is -2.58. The summed E-state index contributed by atoms with van der Waals surface area (Å²) < 4.78 is 6.33. The Balaban J connectivity index is 1.56. The maximum Gasteiger partial charge on any atom is 0.131 e. The normalized spacial score (nSPS) is 28.4. The Morgan fingerprint density at radius 2 is 2.19 bits per heavy atom. The van der Waals surface area contributed by atoms with E-state index in [9.17, 15) is 5.11 Å². The van der Waals surface area contributed by atoms with E-state index in [1.165, 1.54) is 12.0 Å². The maximum absolute atomic E-state index is 11.8. The Morgan fingerprint density at radius 3 is 2.97 bits per heavy atom. The van der Waals surface area contributed by atoms with Gasteiger partial charge in [-0.05, 0) is 41.8 Å². The van der Waals surface area contributed by atoms with Crippen LogP contribution in [0, 0.1) is 11.8 Å². The number of aliphatic hydroxyl groups is 1. The Morgan fingerprint density at radius 1 is 1.29 bits per heavy atom. The molecule has 5 nitrogen and oxygen atoms in total. The zero-order valence-electron chi connectivity index (χ0n) is 18.0. The third-order valence-electron chi connectivity index (χ3n) is 7.56. The average molecular weight is 417 g/mol. The van der Waals surface area contributed by atoms with Crippen molar-refractivity contribution in [2.75, 3.05) is 20.2 Å². The van der Waals surface area contributed by atoms with Crippen molar-refractivity contribution >= 4 is 10.9 Å². The summed E-state index contributed by atoms with van der Waals surface area (Å²) in [7, 11) is 1.67. The van der Waals surface area contributed by atoms with Crippen LogP contribution in [-0.4, -0.2) is 45.8 Å². The van der Waals surface area contributed by atoms with E-state index in [2.05, 4.69) is 28.7 Å². The molecule has 6 rings (SSSR count). The van der Waals surface area contributed by atoms with Crippen LogP contribution in [0.25, 0.3) is 10.9 Å². The number of hydrogen-bond acceptors (Lipinski definition) is 4. The quantitative estimate of drug-likeness (QED) is 0.481. The highest BCUT2D eigenvalue weighted by molar-refractivity contribution is 5.83. The molecule has 3 fully saturated rings. The number of hydrogen-bond donors (Lipinski definition) is 1. The Kier molecular flexibility index (Phi) is 5.24. The number of methoxy groups -OCH3 is 1. The first-order valence-electron chi connectivity index (χ1n) is 11.1. The molecule has 0 saturated carbocycles. The molecule has 31 heavy (non-hydrogen) atoms. The molecule has 1 N–H and O–H groups in total. The molecule has 5 unspecified atom stereocenters. The summed E-state index contributed by atoms with van der Waals surface area (Å²) in [5.41, 5.74) is 3.06. The fourth-order valence-corrected chi connectivity index (χ4v) is 5.98. The summed E-state index contributed by atoms with van der Waals surface area (Å²) in [6.07, 6.45) is 9.35. The SMILES string of the molecule is C=CC1C[N+]2(Cc3cccnc3)CCC1CC2C(O)c1ccnc2ccc(OC)cc12. The molecule has 0 aliphatic carbocycles. The van der Waals surface area contributed by atoms with Gasteiger partial charge in [0.05, 0.1) is 25.7 Å². The van der Waals surface area contributed by atoms with E-state index in [-0.39, 0.29) is 6.04 Å². The number of nitrogens with zero attached hydrogens (tertiary/aromatic N) is 3. The minimum Gasteiger partial charge on any atom is -0.497 e. The van der Waals surface area contributed by atoms with Gasteiger partial charge in [-0.15, -0.1) is 6.58 Å². The monoisotopic (exact) mass is 416 g/mol. The second-order valence-corrected chi connectivity index (χ2v) is 9.12. The summed E-state index contributed by atoms with van der Waals surface area (Å²) in [4.78, 5) is 8.85. The van der Waals surface area contributed by atoms with Gasteiger partial charge in [0, 0.05) is 48.3 Å². The van der Waals surface area contributed by atoms with Gasteiger partial charge in [-0.25, -0.2) is 0 Å². The molecule has 2 bridgehead atoms. The first-order valence-corrected chi connectivity index (χ1v) is 11.1. The molecule has 2 aromatic heterocycles. The lowest BCUT2D eigenvalue weighted by Crippen LogP contribution is -2.67. The Bertz CT molecular complexity index is 1090. The molecule has 3 saturated heterocycles. The zero-order valence-corrected chi connectivity index (χ0v) is 18.0. The van der Waals surface area contributed by atoms with Crippen LogP contribution in [0.2, 0.25) is 0 Å². The van der Waals surface area contributed by atoms with Crippen LogP contribution in [0.3, 0.4) is 0 Å². The first kappa shape index (κ1) is 20.2. The minimum absolute atomic E-state index is 0.131. The van der Waals surface area contributed by atoms with E-state index < -0.39 is 6.10 Å². The van der Waals surface area contributed by atoms with E-state index in [1.54, 1.807) is 7.11 Å². The molecular weight excluding hydrogens is 386 g/mol. The van der Waals surface area contributed by atoms with Gasteiger partial charge >= 0.3 is 0 Å². The summed E-state index contributed by atoms with van der Waals surface area (Å²) >= 11 is 0. The molecule has 5 atom stereocenters. The topological polar surface area (TPSA) is 55.2 Å². The fraction of sp³-hybridized carbons (Fsp3) is 0.385. The van der Waals surface area contributed by atoms with Gasteiger partial charge in [0.25, 0.3) is 0 Å².